The number of fused-ring (bicyclic) bond motifs is 3. The molecule has 4 rings (SSSR count). The van der Waals surface area contributed by atoms with Crippen LogP contribution in [0.2, 0.25) is 5.02 Å². The molecule has 0 amide bonds. The maximum absolute atomic E-state index is 14.1. The Balaban J connectivity index is 1.89. The molecule has 6 heteroatoms. The monoisotopic (exact) mass is 381 g/mol. The van der Waals surface area contributed by atoms with Crippen molar-refractivity contribution in [3.63, 3.8) is 0 Å². The van der Waals surface area contributed by atoms with Crippen LogP contribution in [0.1, 0.15) is 16.7 Å². The summed E-state index contributed by atoms with van der Waals surface area (Å²) >= 11 is 7.62. The van der Waals surface area contributed by atoms with Crippen molar-refractivity contribution < 1.29 is 4.39 Å². The number of aromatic nitrogens is 2. The average Bonchev–Trinajstić information content (AvgIpc) is 3.00. The van der Waals surface area contributed by atoms with E-state index >= 15 is 0 Å². The van der Waals surface area contributed by atoms with Crippen molar-refractivity contribution in [3.05, 3.63) is 76.1 Å². The fourth-order valence-electron chi connectivity index (χ4n) is 2.98. The number of aryl methyl sites for hydroxylation is 1. The minimum atomic E-state index is -0.317. The standard InChI is InChI=1S/C20H13ClFN3S/c1-12-9-19(26-11-14-15(21)5-4-6-16(14)22)25-18-8-3-2-7-17(18)24-20(25)13(12)10-23/h2-9H,11H2,1H3. The lowest BCUT2D eigenvalue weighted by Crippen LogP contribution is -1.98. The van der Waals surface area contributed by atoms with Gasteiger partial charge in [0.1, 0.15) is 11.9 Å². The van der Waals surface area contributed by atoms with Gasteiger partial charge in [0.05, 0.1) is 21.6 Å². The lowest BCUT2D eigenvalue weighted by molar-refractivity contribution is 0.617. The molecule has 128 valence electrons. The summed E-state index contributed by atoms with van der Waals surface area (Å²) in [6, 6.07) is 16.6. The number of benzene rings is 2. The van der Waals surface area contributed by atoms with Gasteiger partial charge in [-0.05, 0) is 42.8 Å². The molecule has 0 bridgehead atoms. The van der Waals surface area contributed by atoms with Gasteiger partial charge >= 0.3 is 0 Å². The summed E-state index contributed by atoms with van der Waals surface area (Å²) in [5, 5.41) is 10.8. The van der Waals surface area contributed by atoms with E-state index in [1.54, 1.807) is 12.1 Å². The minimum absolute atomic E-state index is 0.317. The number of nitriles is 1. The predicted molar refractivity (Wildman–Crippen MR) is 103 cm³/mol. The number of para-hydroxylation sites is 2. The summed E-state index contributed by atoms with van der Waals surface area (Å²) in [5.74, 6) is 0.0699. The maximum atomic E-state index is 14.1. The van der Waals surface area contributed by atoms with Gasteiger partial charge in [0.15, 0.2) is 5.65 Å². The zero-order valence-electron chi connectivity index (χ0n) is 13.8. The molecule has 0 saturated carbocycles. The van der Waals surface area contributed by atoms with Crippen molar-refractivity contribution in [2.45, 2.75) is 17.7 Å². The van der Waals surface area contributed by atoms with Gasteiger partial charge in [-0.15, -0.1) is 11.8 Å². The van der Waals surface area contributed by atoms with Gasteiger partial charge in [-0.3, -0.25) is 4.40 Å². The van der Waals surface area contributed by atoms with Crippen LogP contribution >= 0.6 is 23.4 Å². The Hall–Kier alpha value is -2.55. The van der Waals surface area contributed by atoms with Crippen LogP contribution in [0, 0.1) is 24.1 Å². The SMILES string of the molecule is Cc1cc(SCc2c(F)cccc2Cl)n2c(nc3ccccc32)c1C#N. The van der Waals surface area contributed by atoms with E-state index in [-0.39, 0.29) is 5.82 Å². The fourth-order valence-corrected chi connectivity index (χ4v) is 4.44. The molecule has 2 aromatic carbocycles. The van der Waals surface area contributed by atoms with Crippen LogP contribution in [0.5, 0.6) is 0 Å². The number of rotatable bonds is 3. The fraction of sp³-hybridized carbons (Fsp3) is 0.100. The van der Waals surface area contributed by atoms with E-state index in [9.17, 15) is 9.65 Å². The number of pyridine rings is 1. The zero-order chi connectivity index (χ0) is 18.3. The van der Waals surface area contributed by atoms with E-state index in [1.807, 2.05) is 41.7 Å². The summed E-state index contributed by atoms with van der Waals surface area (Å²) in [7, 11) is 0. The lowest BCUT2D eigenvalue weighted by Gasteiger charge is -2.11. The molecule has 0 N–H and O–H groups in total. The molecule has 2 heterocycles. The smallest absolute Gasteiger partial charge is 0.157 e. The van der Waals surface area contributed by atoms with Crippen LogP contribution in [0.4, 0.5) is 4.39 Å². The molecule has 0 unspecified atom stereocenters. The molecule has 0 aliphatic rings. The van der Waals surface area contributed by atoms with Gasteiger partial charge in [0, 0.05) is 16.3 Å². The number of hydrogen-bond donors (Lipinski definition) is 0. The molecule has 0 spiro atoms. The van der Waals surface area contributed by atoms with E-state index in [2.05, 4.69) is 11.1 Å². The first kappa shape index (κ1) is 16.9. The Kier molecular flexibility index (Phi) is 4.31. The number of nitrogens with zero attached hydrogens (tertiary/aromatic N) is 3. The Morgan fingerprint density at radius 3 is 2.81 bits per heavy atom. The van der Waals surface area contributed by atoms with E-state index in [4.69, 9.17) is 11.6 Å². The van der Waals surface area contributed by atoms with Gasteiger partial charge in [0.2, 0.25) is 0 Å². The average molecular weight is 382 g/mol. The number of imidazole rings is 1. The van der Waals surface area contributed by atoms with Crippen LogP contribution in [0.25, 0.3) is 16.7 Å². The lowest BCUT2D eigenvalue weighted by atomic mass is 10.2. The van der Waals surface area contributed by atoms with Crippen LogP contribution in [0.3, 0.4) is 0 Å². The van der Waals surface area contributed by atoms with E-state index in [1.165, 1.54) is 17.8 Å². The third kappa shape index (κ3) is 2.72. The highest BCUT2D eigenvalue weighted by Gasteiger charge is 2.16. The Morgan fingerprint density at radius 1 is 1.23 bits per heavy atom. The van der Waals surface area contributed by atoms with E-state index in [0.29, 0.717) is 27.5 Å². The molecule has 26 heavy (non-hydrogen) atoms. The highest BCUT2D eigenvalue weighted by Crippen LogP contribution is 2.33. The van der Waals surface area contributed by atoms with Crippen molar-refractivity contribution >= 4 is 40.0 Å². The second-order valence-electron chi connectivity index (χ2n) is 5.90. The normalized spacial score (nSPS) is 11.2. The van der Waals surface area contributed by atoms with Crippen LogP contribution < -0.4 is 0 Å². The highest BCUT2D eigenvalue weighted by atomic mass is 35.5. The minimum Gasteiger partial charge on any atom is -0.286 e. The molecule has 0 fully saturated rings. The molecule has 3 nitrogen and oxygen atoms in total. The van der Waals surface area contributed by atoms with Crippen molar-refractivity contribution in [2.24, 2.45) is 0 Å². The quantitative estimate of drug-likeness (QED) is 0.424. The molecule has 0 saturated heterocycles. The number of thioether (sulfide) groups is 1. The van der Waals surface area contributed by atoms with Crippen LogP contribution in [0.15, 0.2) is 53.6 Å². The van der Waals surface area contributed by atoms with E-state index in [0.717, 1.165) is 21.6 Å². The summed E-state index contributed by atoms with van der Waals surface area (Å²) in [4.78, 5) is 4.62. The zero-order valence-corrected chi connectivity index (χ0v) is 15.4. The Bertz CT molecular complexity index is 1170. The molecular weight excluding hydrogens is 369 g/mol. The molecule has 0 atom stereocenters. The molecule has 0 aliphatic carbocycles. The van der Waals surface area contributed by atoms with Gasteiger partial charge in [-0.2, -0.15) is 5.26 Å². The predicted octanol–water partition coefficient (Wildman–Crippen LogP) is 5.75. The number of halogens is 2. The van der Waals surface area contributed by atoms with Crippen molar-refractivity contribution in [1.29, 1.82) is 5.26 Å². The Morgan fingerprint density at radius 2 is 2.04 bits per heavy atom. The first-order valence-corrected chi connectivity index (χ1v) is 9.33. The molecule has 4 aromatic rings. The van der Waals surface area contributed by atoms with Crippen LogP contribution in [-0.2, 0) is 5.75 Å². The number of hydrogen-bond acceptors (Lipinski definition) is 3. The first-order valence-electron chi connectivity index (χ1n) is 7.96. The van der Waals surface area contributed by atoms with Gasteiger partial charge in [0.25, 0.3) is 0 Å². The van der Waals surface area contributed by atoms with E-state index < -0.39 is 0 Å². The first-order chi connectivity index (χ1) is 12.6. The molecule has 0 radical (unpaired) electrons. The summed E-state index contributed by atoms with van der Waals surface area (Å²) in [6.07, 6.45) is 0. The second-order valence-corrected chi connectivity index (χ2v) is 7.30. The summed E-state index contributed by atoms with van der Waals surface area (Å²) in [6.45, 7) is 1.89. The largest absolute Gasteiger partial charge is 0.286 e. The summed E-state index contributed by atoms with van der Waals surface area (Å²) in [5.41, 5.74) is 4.22. The molecular formula is C20H13ClFN3S. The van der Waals surface area contributed by atoms with Crippen molar-refractivity contribution in [1.82, 2.24) is 9.38 Å². The van der Waals surface area contributed by atoms with Gasteiger partial charge < -0.3 is 0 Å². The maximum Gasteiger partial charge on any atom is 0.157 e. The highest BCUT2D eigenvalue weighted by molar-refractivity contribution is 7.98. The third-order valence-corrected chi connectivity index (χ3v) is 5.66. The van der Waals surface area contributed by atoms with Gasteiger partial charge in [-0.1, -0.05) is 29.8 Å². The van der Waals surface area contributed by atoms with Crippen LogP contribution in [-0.4, -0.2) is 9.38 Å². The van der Waals surface area contributed by atoms with Crippen molar-refractivity contribution in [3.8, 4) is 6.07 Å². The molecule has 2 aromatic heterocycles. The Labute approximate surface area is 159 Å². The molecule has 0 aliphatic heterocycles. The van der Waals surface area contributed by atoms with Crippen molar-refractivity contribution in [2.75, 3.05) is 0 Å². The third-order valence-electron chi connectivity index (χ3n) is 4.28. The summed E-state index contributed by atoms with van der Waals surface area (Å²) < 4.78 is 16.1. The van der Waals surface area contributed by atoms with Gasteiger partial charge in [-0.25, -0.2) is 9.37 Å². The topological polar surface area (TPSA) is 41.1 Å². The second kappa shape index (κ2) is 6.64.